The molecule has 0 aliphatic heterocycles. The van der Waals surface area contributed by atoms with Crippen molar-refractivity contribution in [3.05, 3.63) is 0 Å². The first-order valence-corrected chi connectivity index (χ1v) is 2.35. The average Bonchev–Trinajstić information content (AvgIpc) is 0.722. The summed E-state index contributed by atoms with van der Waals surface area (Å²) in [6, 6.07) is 0. The van der Waals surface area contributed by atoms with Crippen LogP contribution >= 0.6 is 7.82 Å². The Morgan fingerprint density at radius 1 is 1.14 bits per heavy atom. The summed E-state index contributed by atoms with van der Waals surface area (Å²) >= 11 is 0. The van der Waals surface area contributed by atoms with Gasteiger partial charge in [-0.3, -0.25) is 0 Å². The van der Waals surface area contributed by atoms with E-state index in [0.29, 0.717) is 0 Å². The van der Waals surface area contributed by atoms with Gasteiger partial charge in [0.1, 0.15) is 0 Å². The fourth-order valence-electron chi connectivity index (χ4n) is 0. The van der Waals surface area contributed by atoms with Gasteiger partial charge in [0.2, 0.25) is 0 Å². The van der Waals surface area contributed by atoms with Crippen LogP contribution < -0.4 is 0 Å². The van der Waals surface area contributed by atoms with E-state index in [9.17, 15) is 0 Å². The predicted molar refractivity (Wildman–Crippen MR) is 32.7 cm³/mol. The van der Waals surface area contributed by atoms with E-state index in [1.165, 1.54) is 0 Å². The van der Waals surface area contributed by atoms with E-state index in [1.807, 2.05) is 0 Å². The zero-order valence-electron chi connectivity index (χ0n) is 2.20. The van der Waals surface area contributed by atoms with Gasteiger partial charge in [-0.1, -0.05) is 0 Å². The maximum atomic E-state index is 8.88. The molecule has 0 spiro atoms. The summed E-state index contributed by atoms with van der Waals surface area (Å²) in [6.07, 6.45) is 0. The van der Waals surface area contributed by atoms with Gasteiger partial charge in [-0.05, 0) is 0 Å². The molecule has 0 atom stereocenters. The Labute approximate surface area is 73.8 Å². The third kappa shape index (κ3) is 89.5. The second-order valence-electron chi connectivity index (χ2n) is 0.513. The summed E-state index contributed by atoms with van der Waals surface area (Å²) in [5.41, 5.74) is 0. The maximum absolute atomic E-state index is 8.88. The molecular weight excluding hydrogens is 191 g/mol. The summed E-state index contributed by atoms with van der Waals surface area (Å²) in [6.45, 7) is 0. The van der Waals surface area contributed by atoms with Gasteiger partial charge in [-0.25, -0.2) is 4.57 Å². The molecule has 0 aliphatic rings. The molecule has 0 saturated carbocycles. The molecule has 0 rings (SSSR count). The van der Waals surface area contributed by atoms with Gasteiger partial charge < -0.3 is 14.7 Å². The molecule has 0 amide bonds. The number of hydrogen-bond acceptors (Lipinski definition) is 1. The third-order valence-corrected chi connectivity index (χ3v) is 0. The first-order chi connectivity index (χ1) is 2.00. The molecule has 0 saturated heterocycles. The summed E-state index contributed by atoms with van der Waals surface area (Å²) in [5, 5.41) is 0. The standard InChI is InChI=1S/GeH4.Na.H3O4P.H/c;;1-5(2,3)4;/h1H4;;(H3,1,2,3,4);. The van der Waals surface area contributed by atoms with Gasteiger partial charge in [-0.15, -0.1) is 0 Å². The average molecular weight is 199 g/mol. The third-order valence-electron chi connectivity index (χ3n) is 0. The van der Waals surface area contributed by atoms with E-state index in [1.54, 1.807) is 0 Å². The molecule has 42 valence electrons. The second-order valence-corrected chi connectivity index (χ2v) is 1.54. The van der Waals surface area contributed by atoms with Crippen LogP contribution in [0, 0.1) is 0 Å². The predicted octanol–water partition coefficient (Wildman–Crippen LogP) is -3.03. The first-order valence-electron chi connectivity index (χ1n) is 0.783. The van der Waals surface area contributed by atoms with Gasteiger partial charge in [0.05, 0.1) is 0 Å². The summed E-state index contributed by atoms with van der Waals surface area (Å²) in [4.78, 5) is 21.6. The van der Waals surface area contributed by atoms with E-state index >= 15 is 0 Å². The molecule has 0 bridgehead atoms. The van der Waals surface area contributed by atoms with Gasteiger partial charge in [0, 0.05) is 0 Å². The van der Waals surface area contributed by atoms with Crippen molar-refractivity contribution in [1.82, 2.24) is 0 Å². The zero-order valence-corrected chi connectivity index (χ0v) is 3.09. The monoisotopic (exact) mass is 200 g/mol. The Bertz CT molecular complexity index is 57.8. The van der Waals surface area contributed by atoms with Crippen molar-refractivity contribution in [3.63, 3.8) is 0 Å². The van der Waals surface area contributed by atoms with E-state index in [2.05, 4.69) is 0 Å². The molecule has 4 nitrogen and oxygen atoms in total. The quantitative estimate of drug-likeness (QED) is 0.286. The Hall–Kier alpha value is 1.65. The molecule has 0 unspecified atom stereocenters. The van der Waals surface area contributed by atoms with E-state index < -0.39 is 7.82 Å². The summed E-state index contributed by atoms with van der Waals surface area (Å²) < 4.78 is 8.88. The van der Waals surface area contributed by atoms with E-state index in [0.717, 1.165) is 0 Å². The second kappa shape index (κ2) is 5.78. The summed E-state index contributed by atoms with van der Waals surface area (Å²) in [5.74, 6) is 0. The molecule has 0 aliphatic carbocycles. The fraction of sp³-hybridized carbons (Fsp3) is 0. The van der Waals surface area contributed by atoms with Crippen LogP contribution in [0.1, 0.15) is 0 Å². The SMILES string of the molecule is O=P(O)(O)O.[GeH4].[NaH]. The van der Waals surface area contributed by atoms with Crippen LogP contribution in [-0.2, 0) is 4.57 Å². The van der Waals surface area contributed by atoms with E-state index in [4.69, 9.17) is 19.2 Å². The van der Waals surface area contributed by atoms with Crippen molar-refractivity contribution in [2.24, 2.45) is 0 Å². The Balaban J connectivity index is -0.0000000800. The van der Waals surface area contributed by atoms with Crippen molar-refractivity contribution in [2.45, 2.75) is 0 Å². The molecule has 0 fully saturated rings. The molecule has 0 aromatic rings. The van der Waals surface area contributed by atoms with Crippen LogP contribution in [0.3, 0.4) is 0 Å². The van der Waals surface area contributed by atoms with Crippen LogP contribution in [-0.4, -0.2) is 61.8 Å². The Morgan fingerprint density at radius 2 is 1.14 bits per heavy atom. The zero-order chi connectivity index (χ0) is 4.50. The minimum atomic E-state index is -4.64. The van der Waals surface area contributed by atoms with Crippen molar-refractivity contribution in [1.29, 1.82) is 0 Å². The number of hydrogen-bond donors (Lipinski definition) is 3. The van der Waals surface area contributed by atoms with Crippen LogP contribution in [0.15, 0.2) is 0 Å². The van der Waals surface area contributed by atoms with Gasteiger partial charge in [-0.2, -0.15) is 0 Å². The fourth-order valence-corrected chi connectivity index (χ4v) is 0. The molecule has 0 radical (unpaired) electrons. The first kappa shape index (κ1) is 15.9. The molecule has 0 aromatic carbocycles. The van der Waals surface area contributed by atoms with Crippen LogP contribution in [0.4, 0.5) is 0 Å². The van der Waals surface area contributed by atoms with Crippen molar-refractivity contribution in [2.75, 3.05) is 0 Å². The molecule has 3 N–H and O–H groups in total. The van der Waals surface area contributed by atoms with Crippen LogP contribution in [0.5, 0.6) is 0 Å². The minimum absolute atomic E-state index is 0. The van der Waals surface area contributed by atoms with Gasteiger partial charge in [0.15, 0.2) is 0 Å². The van der Waals surface area contributed by atoms with Crippen molar-refractivity contribution >= 4 is 55.0 Å². The van der Waals surface area contributed by atoms with E-state index in [-0.39, 0.29) is 47.2 Å². The summed E-state index contributed by atoms with van der Waals surface area (Å²) in [7, 11) is -4.64. The molecule has 7 heteroatoms. The van der Waals surface area contributed by atoms with Gasteiger partial charge in [0.25, 0.3) is 0 Å². The van der Waals surface area contributed by atoms with Crippen molar-refractivity contribution in [3.8, 4) is 0 Å². The molecule has 7 heavy (non-hydrogen) atoms. The van der Waals surface area contributed by atoms with Crippen LogP contribution in [0.2, 0.25) is 0 Å². The Kier molecular flexibility index (Phi) is 13.1. The molecule has 0 aromatic heterocycles. The normalized spacial score (nSPS) is 8.43. The Morgan fingerprint density at radius 3 is 1.14 bits per heavy atom. The molecular formula is H8GeNaO4P. The van der Waals surface area contributed by atoms with Crippen molar-refractivity contribution < 1.29 is 19.2 Å². The van der Waals surface area contributed by atoms with Crippen LogP contribution in [0.25, 0.3) is 0 Å². The number of phosphoric acid groups is 1. The number of rotatable bonds is 0. The topological polar surface area (TPSA) is 77.8 Å². The molecule has 0 heterocycles. The van der Waals surface area contributed by atoms with Gasteiger partial charge >= 0.3 is 55.0 Å².